The summed E-state index contributed by atoms with van der Waals surface area (Å²) in [6, 6.07) is 21.5. The summed E-state index contributed by atoms with van der Waals surface area (Å²) in [6.07, 6.45) is -0.425. The molecular formula is C27H27ClN6O3. The zero-order valence-electron chi connectivity index (χ0n) is 20.2. The summed E-state index contributed by atoms with van der Waals surface area (Å²) >= 11 is 5.92. The Bertz CT molecular complexity index is 1310. The molecule has 9 nitrogen and oxygen atoms in total. The molecule has 0 fully saturated rings. The number of carbonyl (C=O) groups is 3. The monoisotopic (exact) mass is 518 g/mol. The maximum absolute atomic E-state index is 13.1. The predicted molar refractivity (Wildman–Crippen MR) is 145 cm³/mol. The van der Waals surface area contributed by atoms with Crippen molar-refractivity contribution >= 4 is 46.7 Å². The SMILES string of the molecule is CN1CCN=C1c1ccc(C(CC(=O)Nc2ccccc2)(NC(=O)Nc2ccc(Cl)cc2)C(N)=O)cc1. The highest BCUT2D eigenvalue weighted by Gasteiger charge is 2.42. The van der Waals surface area contributed by atoms with E-state index in [0.29, 0.717) is 28.5 Å². The van der Waals surface area contributed by atoms with Crippen molar-refractivity contribution in [1.82, 2.24) is 10.2 Å². The number of aliphatic imine (C=N–C) groups is 1. The Balaban J connectivity index is 1.65. The number of hydrogen-bond donors (Lipinski definition) is 4. The fourth-order valence-corrected chi connectivity index (χ4v) is 4.24. The zero-order valence-corrected chi connectivity index (χ0v) is 21.0. The number of halogens is 1. The van der Waals surface area contributed by atoms with Crippen molar-refractivity contribution < 1.29 is 14.4 Å². The van der Waals surface area contributed by atoms with Gasteiger partial charge in [-0.25, -0.2) is 4.79 Å². The molecule has 0 bridgehead atoms. The van der Waals surface area contributed by atoms with Gasteiger partial charge in [-0.05, 0) is 42.0 Å². The van der Waals surface area contributed by atoms with E-state index >= 15 is 0 Å². The molecule has 0 spiro atoms. The van der Waals surface area contributed by atoms with Crippen molar-refractivity contribution in [1.29, 1.82) is 0 Å². The lowest BCUT2D eigenvalue weighted by molar-refractivity contribution is -0.128. The molecular weight excluding hydrogens is 492 g/mol. The molecule has 0 aromatic heterocycles. The van der Waals surface area contributed by atoms with Gasteiger partial charge in [0.05, 0.1) is 13.0 Å². The van der Waals surface area contributed by atoms with Crippen LogP contribution in [0.2, 0.25) is 5.02 Å². The van der Waals surface area contributed by atoms with Crippen molar-refractivity contribution in [3.8, 4) is 0 Å². The molecule has 1 heterocycles. The number of hydrogen-bond acceptors (Lipinski definition) is 5. The van der Waals surface area contributed by atoms with Crippen LogP contribution in [-0.4, -0.2) is 48.7 Å². The van der Waals surface area contributed by atoms with Crippen molar-refractivity contribution in [3.63, 3.8) is 0 Å². The number of benzene rings is 3. The Kier molecular flexibility index (Phi) is 7.74. The molecule has 0 aliphatic carbocycles. The van der Waals surface area contributed by atoms with E-state index in [1.807, 2.05) is 18.0 Å². The third kappa shape index (κ3) is 6.07. The van der Waals surface area contributed by atoms with E-state index in [-0.39, 0.29) is 0 Å². The molecule has 10 heteroatoms. The van der Waals surface area contributed by atoms with Gasteiger partial charge in [-0.2, -0.15) is 0 Å². The standard InChI is InChI=1S/C27H27ClN6O3/c1-34-16-15-30-24(34)18-7-9-19(10-8-18)27(25(29)36,17-23(35)31-21-5-3-2-4-6-21)33-26(37)32-22-13-11-20(28)12-14-22/h2-14H,15-17H2,1H3,(H2,29,36)(H,31,35)(H2,32,33,37). The Morgan fingerprint density at radius 3 is 2.19 bits per heavy atom. The van der Waals surface area contributed by atoms with Gasteiger partial charge in [0.25, 0.3) is 0 Å². The second kappa shape index (κ2) is 11.1. The molecule has 37 heavy (non-hydrogen) atoms. The van der Waals surface area contributed by atoms with Gasteiger partial charge >= 0.3 is 6.03 Å². The fraction of sp³-hybridized carbons (Fsp3) is 0.185. The third-order valence-electron chi connectivity index (χ3n) is 6.03. The first kappa shape index (κ1) is 25.7. The zero-order chi connectivity index (χ0) is 26.4. The highest BCUT2D eigenvalue weighted by atomic mass is 35.5. The first-order valence-electron chi connectivity index (χ1n) is 11.6. The summed E-state index contributed by atoms with van der Waals surface area (Å²) < 4.78 is 0. The number of para-hydroxylation sites is 1. The van der Waals surface area contributed by atoms with Crippen LogP contribution in [0.5, 0.6) is 0 Å². The molecule has 1 aliphatic rings. The predicted octanol–water partition coefficient (Wildman–Crippen LogP) is 3.56. The largest absolute Gasteiger partial charge is 0.367 e. The number of rotatable bonds is 8. The van der Waals surface area contributed by atoms with Crippen LogP contribution in [0.15, 0.2) is 83.9 Å². The fourth-order valence-electron chi connectivity index (χ4n) is 4.11. The average Bonchev–Trinajstić information content (AvgIpc) is 3.31. The number of amidine groups is 1. The lowest BCUT2D eigenvalue weighted by atomic mass is 9.84. The molecule has 0 radical (unpaired) electrons. The average molecular weight is 519 g/mol. The number of anilines is 2. The third-order valence-corrected chi connectivity index (χ3v) is 6.28. The van der Waals surface area contributed by atoms with Crippen LogP contribution in [-0.2, 0) is 15.1 Å². The van der Waals surface area contributed by atoms with Crippen molar-refractivity contribution in [2.75, 3.05) is 30.8 Å². The number of amides is 4. The van der Waals surface area contributed by atoms with E-state index < -0.39 is 29.8 Å². The van der Waals surface area contributed by atoms with Gasteiger partial charge in [0.2, 0.25) is 11.8 Å². The Labute approximate surface area is 219 Å². The number of likely N-dealkylation sites (N-methyl/N-ethyl adjacent to an activating group) is 1. The molecule has 1 unspecified atom stereocenters. The lowest BCUT2D eigenvalue weighted by Crippen LogP contribution is -2.57. The van der Waals surface area contributed by atoms with Gasteiger partial charge in [-0.1, -0.05) is 54.1 Å². The molecule has 0 saturated carbocycles. The summed E-state index contributed by atoms with van der Waals surface area (Å²) in [4.78, 5) is 45.6. The van der Waals surface area contributed by atoms with E-state index in [0.717, 1.165) is 17.9 Å². The van der Waals surface area contributed by atoms with E-state index in [4.69, 9.17) is 17.3 Å². The summed E-state index contributed by atoms with van der Waals surface area (Å²) in [6.45, 7) is 1.51. The van der Waals surface area contributed by atoms with E-state index in [1.165, 1.54) is 0 Å². The molecule has 4 rings (SSSR count). The molecule has 5 N–H and O–H groups in total. The van der Waals surface area contributed by atoms with Crippen LogP contribution in [0, 0.1) is 0 Å². The quantitative estimate of drug-likeness (QED) is 0.363. The number of carbonyl (C=O) groups excluding carboxylic acids is 3. The Morgan fingerprint density at radius 2 is 1.59 bits per heavy atom. The van der Waals surface area contributed by atoms with Crippen LogP contribution in [0.4, 0.5) is 16.2 Å². The first-order valence-corrected chi connectivity index (χ1v) is 12.0. The highest BCUT2D eigenvalue weighted by Crippen LogP contribution is 2.28. The molecule has 190 valence electrons. The second-order valence-electron chi connectivity index (χ2n) is 8.65. The summed E-state index contributed by atoms with van der Waals surface area (Å²) in [5.41, 5.74) is 6.25. The van der Waals surface area contributed by atoms with Crippen LogP contribution in [0.3, 0.4) is 0 Å². The maximum atomic E-state index is 13.1. The van der Waals surface area contributed by atoms with Gasteiger partial charge in [-0.15, -0.1) is 0 Å². The van der Waals surface area contributed by atoms with Crippen molar-refractivity contribution in [2.45, 2.75) is 12.0 Å². The summed E-state index contributed by atoms with van der Waals surface area (Å²) in [5, 5.41) is 8.59. The Morgan fingerprint density at radius 1 is 0.946 bits per heavy atom. The first-order chi connectivity index (χ1) is 17.8. The molecule has 1 atom stereocenters. The highest BCUT2D eigenvalue weighted by molar-refractivity contribution is 6.30. The van der Waals surface area contributed by atoms with Gasteiger partial charge in [0.1, 0.15) is 5.84 Å². The smallest absolute Gasteiger partial charge is 0.320 e. The van der Waals surface area contributed by atoms with E-state index in [9.17, 15) is 14.4 Å². The van der Waals surface area contributed by atoms with E-state index in [2.05, 4.69) is 20.9 Å². The van der Waals surface area contributed by atoms with Crippen LogP contribution in [0.1, 0.15) is 17.5 Å². The second-order valence-corrected chi connectivity index (χ2v) is 9.09. The minimum absolute atomic E-state index is 0.361. The molecule has 1 aliphatic heterocycles. The van der Waals surface area contributed by atoms with Crippen molar-refractivity contribution in [2.24, 2.45) is 10.7 Å². The van der Waals surface area contributed by atoms with Crippen LogP contribution >= 0.6 is 11.6 Å². The number of primary amides is 1. The minimum Gasteiger partial charge on any atom is -0.367 e. The number of urea groups is 1. The van der Waals surface area contributed by atoms with Crippen LogP contribution < -0.4 is 21.7 Å². The molecule has 0 saturated heterocycles. The Hall–Kier alpha value is -4.37. The number of nitrogens with zero attached hydrogens (tertiary/aromatic N) is 2. The summed E-state index contributed by atoms with van der Waals surface area (Å²) in [7, 11) is 1.95. The van der Waals surface area contributed by atoms with Gasteiger partial charge in [-0.3, -0.25) is 14.6 Å². The molecule has 4 amide bonds. The van der Waals surface area contributed by atoms with E-state index in [1.54, 1.807) is 72.8 Å². The van der Waals surface area contributed by atoms with Gasteiger partial charge < -0.3 is 26.6 Å². The van der Waals surface area contributed by atoms with Gasteiger partial charge in [0.15, 0.2) is 5.54 Å². The van der Waals surface area contributed by atoms with Crippen LogP contribution in [0.25, 0.3) is 0 Å². The summed E-state index contributed by atoms with van der Waals surface area (Å²) in [5.74, 6) is -0.558. The number of nitrogens with one attached hydrogen (secondary N) is 3. The maximum Gasteiger partial charge on any atom is 0.320 e. The van der Waals surface area contributed by atoms with Crippen molar-refractivity contribution in [3.05, 3.63) is 95.0 Å². The molecule has 3 aromatic rings. The topological polar surface area (TPSA) is 129 Å². The minimum atomic E-state index is -1.84. The normalized spacial score (nSPS) is 14.3. The lowest BCUT2D eigenvalue weighted by Gasteiger charge is -2.32. The number of nitrogens with two attached hydrogens (primary N) is 1. The van der Waals surface area contributed by atoms with Gasteiger partial charge in [0, 0.05) is 35.6 Å². The molecule has 3 aromatic carbocycles.